The number of aromatic carboxylic acids is 2. The normalized spacial score (nSPS) is 10.6. The van der Waals surface area contributed by atoms with E-state index in [0.717, 1.165) is 11.6 Å². The first kappa shape index (κ1) is 13.5. The van der Waals surface area contributed by atoms with Crippen molar-refractivity contribution < 1.29 is 19.8 Å². The third-order valence-corrected chi connectivity index (χ3v) is 2.57. The van der Waals surface area contributed by atoms with Crippen LogP contribution in [0.3, 0.4) is 0 Å². The maximum absolute atomic E-state index is 11.0. The van der Waals surface area contributed by atoms with Crippen LogP contribution in [0.15, 0.2) is 53.5 Å². The molecule has 0 saturated carbocycles. The van der Waals surface area contributed by atoms with Gasteiger partial charge in [-0.15, -0.1) is 0 Å². The van der Waals surface area contributed by atoms with E-state index in [1.54, 1.807) is 6.21 Å². The van der Waals surface area contributed by atoms with Gasteiger partial charge in [-0.25, -0.2) is 9.59 Å². The molecule has 0 spiro atoms. The lowest BCUT2D eigenvalue weighted by Gasteiger charge is -2.01. The molecule has 0 amide bonds. The van der Waals surface area contributed by atoms with Gasteiger partial charge < -0.3 is 10.2 Å². The largest absolute Gasteiger partial charge is 0.478 e. The molecule has 5 heteroatoms. The number of rotatable bonds is 4. The molecule has 0 saturated heterocycles. The molecule has 2 N–H and O–H groups in total. The second-order valence-electron chi connectivity index (χ2n) is 4.05. The quantitative estimate of drug-likeness (QED) is 0.835. The first-order valence-electron chi connectivity index (χ1n) is 5.77. The summed E-state index contributed by atoms with van der Waals surface area (Å²) in [6, 6.07) is 13.0. The predicted molar refractivity (Wildman–Crippen MR) is 74.1 cm³/mol. The highest BCUT2D eigenvalue weighted by molar-refractivity contribution is 5.95. The van der Waals surface area contributed by atoms with Crippen LogP contribution in [0.25, 0.3) is 0 Å². The smallest absolute Gasteiger partial charge is 0.335 e. The van der Waals surface area contributed by atoms with E-state index >= 15 is 0 Å². The Morgan fingerprint density at radius 2 is 1.45 bits per heavy atom. The zero-order chi connectivity index (χ0) is 14.5. The molecule has 0 atom stereocenters. The van der Waals surface area contributed by atoms with Crippen LogP contribution in [0.1, 0.15) is 26.3 Å². The third kappa shape index (κ3) is 3.29. The summed E-state index contributed by atoms with van der Waals surface area (Å²) in [6.45, 7) is 0. The fraction of sp³-hybridized carbons (Fsp3) is 0. The third-order valence-electron chi connectivity index (χ3n) is 2.57. The van der Waals surface area contributed by atoms with Crippen LogP contribution >= 0.6 is 0 Å². The Hall–Kier alpha value is -2.95. The first-order valence-corrected chi connectivity index (χ1v) is 5.77. The van der Waals surface area contributed by atoms with Gasteiger partial charge in [0.2, 0.25) is 0 Å². The number of carboxylic acid groups (broad SMARTS) is 2. The Morgan fingerprint density at radius 1 is 0.900 bits per heavy atom. The van der Waals surface area contributed by atoms with E-state index in [-0.39, 0.29) is 16.8 Å². The molecule has 2 aromatic rings. The van der Waals surface area contributed by atoms with E-state index in [1.165, 1.54) is 12.1 Å². The van der Waals surface area contributed by atoms with E-state index < -0.39 is 11.9 Å². The number of carbonyl (C=O) groups is 2. The monoisotopic (exact) mass is 269 g/mol. The second-order valence-corrected chi connectivity index (χ2v) is 4.05. The van der Waals surface area contributed by atoms with Gasteiger partial charge in [-0.1, -0.05) is 30.3 Å². The van der Waals surface area contributed by atoms with Crippen molar-refractivity contribution in [2.45, 2.75) is 0 Å². The minimum absolute atomic E-state index is 0.106. The minimum atomic E-state index is -1.19. The summed E-state index contributed by atoms with van der Waals surface area (Å²) >= 11 is 0. The molecule has 0 heterocycles. The van der Waals surface area contributed by atoms with Crippen molar-refractivity contribution in [3.63, 3.8) is 0 Å². The maximum atomic E-state index is 11.0. The predicted octanol–water partition coefficient (Wildman–Crippen LogP) is 2.83. The lowest BCUT2D eigenvalue weighted by molar-refractivity contribution is 0.0696. The fourth-order valence-corrected chi connectivity index (χ4v) is 1.62. The molecule has 20 heavy (non-hydrogen) atoms. The van der Waals surface area contributed by atoms with Crippen molar-refractivity contribution in [1.29, 1.82) is 0 Å². The molecule has 0 unspecified atom stereocenters. The molecule has 0 bridgehead atoms. The lowest BCUT2D eigenvalue weighted by Crippen LogP contribution is -2.01. The van der Waals surface area contributed by atoms with Gasteiger partial charge in [0.15, 0.2) is 0 Å². The standard InChI is InChI=1S/C15H11NO4/c17-14(18)11-6-12(15(19)20)8-13(7-11)16-9-10-4-2-1-3-5-10/h1-9H,(H,17,18)(H,19,20)/b16-9+. The summed E-state index contributed by atoms with van der Waals surface area (Å²) in [5.41, 5.74) is 0.909. The Labute approximate surface area is 114 Å². The molecule has 2 aromatic carbocycles. The summed E-state index contributed by atoms with van der Waals surface area (Å²) < 4.78 is 0. The summed E-state index contributed by atoms with van der Waals surface area (Å²) in [4.78, 5) is 26.0. The summed E-state index contributed by atoms with van der Waals surface area (Å²) in [7, 11) is 0. The van der Waals surface area contributed by atoms with E-state index in [0.29, 0.717) is 0 Å². The Balaban J connectivity index is 2.38. The Morgan fingerprint density at radius 3 is 1.95 bits per heavy atom. The molecule has 0 aliphatic rings. The molecule has 5 nitrogen and oxygen atoms in total. The van der Waals surface area contributed by atoms with Crippen LogP contribution in [0.2, 0.25) is 0 Å². The molecule has 0 fully saturated rings. The van der Waals surface area contributed by atoms with Gasteiger partial charge in [0.05, 0.1) is 16.8 Å². The SMILES string of the molecule is O=C(O)c1cc(/N=C/c2ccccc2)cc(C(=O)O)c1. The molecular weight excluding hydrogens is 258 g/mol. The van der Waals surface area contributed by atoms with Gasteiger partial charge >= 0.3 is 11.9 Å². The topological polar surface area (TPSA) is 87.0 Å². The van der Waals surface area contributed by atoms with Gasteiger partial charge in [0.1, 0.15) is 0 Å². The minimum Gasteiger partial charge on any atom is -0.478 e. The highest BCUT2D eigenvalue weighted by Crippen LogP contribution is 2.18. The molecule has 0 radical (unpaired) electrons. The molecule has 2 rings (SSSR count). The van der Waals surface area contributed by atoms with Gasteiger partial charge in [-0.3, -0.25) is 4.99 Å². The average molecular weight is 269 g/mol. The van der Waals surface area contributed by atoms with E-state index in [2.05, 4.69) is 4.99 Å². The number of hydrogen-bond acceptors (Lipinski definition) is 3. The molecule has 100 valence electrons. The fourth-order valence-electron chi connectivity index (χ4n) is 1.62. The van der Waals surface area contributed by atoms with Crippen molar-refractivity contribution in [2.75, 3.05) is 0 Å². The van der Waals surface area contributed by atoms with Crippen molar-refractivity contribution in [1.82, 2.24) is 0 Å². The highest BCUT2D eigenvalue weighted by Gasteiger charge is 2.10. The summed E-state index contributed by atoms with van der Waals surface area (Å²) in [6.07, 6.45) is 1.55. The summed E-state index contributed by atoms with van der Waals surface area (Å²) in [5.74, 6) is -2.38. The van der Waals surface area contributed by atoms with Crippen molar-refractivity contribution in [2.24, 2.45) is 4.99 Å². The number of benzene rings is 2. The zero-order valence-electron chi connectivity index (χ0n) is 10.4. The van der Waals surface area contributed by atoms with Crippen LogP contribution in [-0.2, 0) is 0 Å². The average Bonchev–Trinajstić information content (AvgIpc) is 2.45. The van der Waals surface area contributed by atoms with Crippen molar-refractivity contribution in [3.05, 3.63) is 65.2 Å². The Bertz CT molecular complexity index is 645. The molecular formula is C15H11NO4. The molecule has 0 aliphatic heterocycles. The van der Waals surface area contributed by atoms with E-state index in [9.17, 15) is 9.59 Å². The van der Waals surface area contributed by atoms with Gasteiger partial charge in [-0.2, -0.15) is 0 Å². The van der Waals surface area contributed by atoms with Gasteiger partial charge in [0, 0.05) is 6.21 Å². The van der Waals surface area contributed by atoms with E-state index in [1.807, 2.05) is 30.3 Å². The van der Waals surface area contributed by atoms with Gasteiger partial charge in [0.25, 0.3) is 0 Å². The maximum Gasteiger partial charge on any atom is 0.335 e. The summed E-state index contributed by atoms with van der Waals surface area (Å²) in [5, 5.41) is 17.9. The number of aliphatic imine (C=N–C) groups is 1. The molecule has 0 aromatic heterocycles. The van der Waals surface area contributed by atoms with Gasteiger partial charge in [-0.05, 0) is 23.8 Å². The van der Waals surface area contributed by atoms with Crippen LogP contribution in [0.5, 0.6) is 0 Å². The number of nitrogens with zero attached hydrogens (tertiary/aromatic N) is 1. The second kappa shape index (κ2) is 5.79. The van der Waals surface area contributed by atoms with Crippen LogP contribution in [-0.4, -0.2) is 28.4 Å². The van der Waals surface area contributed by atoms with Crippen LogP contribution < -0.4 is 0 Å². The molecule has 0 aliphatic carbocycles. The number of hydrogen-bond donors (Lipinski definition) is 2. The van der Waals surface area contributed by atoms with E-state index in [4.69, 9.17) is 10.2 Å². The number of carboxylic acids is 2. The van der Waals surface area contributed by atoms with Crippen molar-refractivity contribution in [3.8, 4) is 0 Å². The van der Waals surface area contributed by atoms with Crippen LogP contribution in [0, 0.1) is 0 Å². The highest BCUT2D eigenvalue weighted by atomic mass is 16.4. The lowest BCUT2D eigenvalue weighted by atomic mass is 10.1. The van der Waals surface area contributed by atoms with Crippen LogP contribution in [0.4, 0.5) is 5.69 Å². The first-order chi connectivity index (χ1) is 9.56. The Kier molecular flexibility index (Phi) is 3.91. The van der Waals surface area contributed by atoms with Crippen molar-refractivity contribution >= 4 is 23.8 Å². The zero-order valence-corrected chi connectivity index (χ0v) is 10.4.